The van der Waals surface area contributed by atoms with Crippen molar-refractivity contribution in [1.82, 2.24) is 24.0 Å². The number of likely N-dealkylation sites (tertiary alicyclic amines) is 1. The van der Waals surface area contributed by atoms with Crippen LogP contribution in [0.3, 0.4) is 0 Å². The van der Waals surface area contributed by atoms with Gasteiger partial charge in [0.15, 0.2) is 5.82 Å². The number of rotatable bonds is 6. The van der Waals surface area contributed by atoms with E-state index in [9.17, 15) is 4.79 Å². The predicted octanol–water partition coefficient (Wildman–Crippen LogP) is 4.91. The molecular weight excluding hydrogens is 490 g/mol. The van der Waals surface area contributed by atoms with E-state index in [0.29, 0.717) is 35.8 Å². The van der Waals surface area contributed by atoms with Gasteiger partial charge in [0.2, 0.25) is 0 Å². The van der Waals surface area contributed by atoms with Crippen LogP contribution in [0.2, 0.25) is 0 Å². The average molecular weight is 524 g/mol. The first-order valence-corrected chi connectivity index (χ1v) is 14.6. The summed E-state index contributed by atoms with van der Waals surface area (Å²) in [5.74, 6) is 4.74. The minimum atomic E-state index is 0.125. The monoisotopic (exact) mass is 523 g/mol. The van der Waals surface area contributed by atoms with Crippen LogP contribution in [0.1, 0.15) is 48.5 Å². The van der Waals surface area contributed by atoms with Crippen LogP contribution in [0.15, 0.2) is 36.5 Å². The molecular formula is C31H33N5O3. The highest BCUT2D eigenvalue weighted by Crippen LogP contribution is 2.60. The molecule has 0 bridgehead atoms. The molecule has 8 heteroatoms. The number of hydrogen-bond acceptors (Lipinski definition) is 5. The molecule has 0 spiro atoms. The Morgan fingerprint density at radius 1 is 1.15 bits per heavy atom. The third-order valence-corrected chi connectivity index (χ3v) is 10.3. The largest absolute Gasteiger partial charge is 0.494 e. The minimum absolute atomic E-state index is 0.125. The molecule has 1 unspecified atom stereocenters. The number of ether oxygens (including phenoxy) is 2. The Kier molecular flexibility index (Phi) is 4.64. The number of hydrogen-bond donors (Lipinski definition) is 0. The van der Waals surface area contributed by atoms with Crippen molar-refractivity contribution in [3.05, 3.63) is 42.1 Å². The number of carbonyl (C=O) groups is 1. The quantitative estimate of drug-likeness (QED) is 0.359. The summed E-state index contributed by atoms with van der Waals surface area (Å²) in [4.78, 5) is 26.0. The van der Waals surface area contributed by atoms with Crippen LogP contribution in [0.25, 0.3) is 33.6 Å². The number of methoxy groups -OCH3 is 1. The third kappa shape index (κ3) is 3.18. The van der Waals surface area contributed by atoms with Gasteiger partial charge in [0.1, 0.15) is 16.9 Å². The van der Waals surface area contributed by atoms with Crippen molar-refractivity contribution < 1.29 is 14.3 Å². The van der Waals surface area contributed by atoms with Crippen molar-refractivity contribution in [1.29, 1.82) is 0 Å². The van der Waals surface area contributed by atoms with Crippen LogP contribution in [-0.2, 0) is 11.3 Å². The van der Waals surface area contributed by atoms with E-state index in [0.717, 1.165) is 71.5 Å². The van der Waals surface area contributed by atoms with Gasteiger partial charge < -0.3 is 23.5 Å². The van der Waals surface area contributed by atoms with E-state index in [1.807, 2.05) is 24.4 Å². The summed E-state index contributed by atoms with van der Waals surface area (Å²) in [7, 11) is 1.70. The molecule has 5 fully saturated rings. The Labute approximate surface area is 226 Å². The van der Waals surface area contributed by atoms with E-state index >= 15 is 0 Å². The summed E-state index contributed by atoms with van der Waals surface area (Å²) in [6.07, 6.45) is 7.79. The topological polar surface area (TPSA) is 74.4 Å². The maximum atomic E-state index is 13.8. The van der Waals surface area contributed by atoms with Gasteiger partial charge in [-0.05, 0) is 86.1 Å². The van der Waals surface area contributed by atoms with E-state index in [4.69, 9.17) is 19.4 Å². The molecule has 3 aliphatic carbocycles. The molecule has 3 saturated carbocycles. The fourth-order valence-corrected chi connectivity index (χ4v) is 8.11. The Balaban J connectivity index is 1.22. The number of carbonyl (C=O) groups excluding carboxylic acids is 1. The normalized spacial score (nSPS) is 29.1. The number of fused-ring (bicyclic) bond motifs is 2. The van der Waals surface area contributed by atoms with E-state index in [1.54, 1.807) is 7.11 Å². The first-order valence-electron chi connectivity index (χ1n) is 14.6. The number of pyridine rings is 1. The average Bonchev–Trinajstić information content (AvgIpc) is 3.25. The van der Waals surface area contributed by atoms with Crippen LogP contribution in [0.4, 0.5) is 0 Å². The van der Waals surface area contributed by atoms with Gasteiger partial charge in [0, 0.05) is 42.9 Å². The Bertz CT molecular complexity index is 1640. The molecule has 9 rings (SSSR count). The van der Waals surface area contributed by atoms with Crippen LogP contribution >= 0.6 is 0 Å². The molecule has 0 radical (unpaired) electrons. The summed E-state index contributed by atoms with van der Waals surface area (Å²) >= 11 is 0. The maximum absolute atomic E-state index is 13.8. The van der Waals surface area contributed by atoms with Gasteiger partial charge in [0.05, 0.1) is 31.0 Å². The standard InChI is InChI=1S/C31H33N5O3/c1-38-26-13-20(31(37)35-15-21-9-19-12-24(35)27(19)21)10-23-28(26)36(22-6-8-39-16-22)30(33-23)25-11-18-3-2-7-32-29(18)34(25)14-17-4-5-17/h2-3,7,10-11,13,17,19,21-22,24,27H,4-6,8-9,12,14-16H2,1H3/t19?,21-,22-,24-,27-/m1/s1. The lowest BCUT2D eigenvalue weighted by Gasteiger charge is -2.52. The Morgan fingerprint density at radius 2 is 2.08 bits per heavy atom. The lowest BCUT2D eigenvalue weighted by Crippen LogP contribution is -2.53. The molecule has 5 atom stereocenters. The minimum Gasteiger partial charge on any atom is -0.494 e. The molecule has 3 aromatic heterocycles. The summed E-state index contributed by atoms with van der Waals surface area (Å²) in [6.45, 7) is 3.22. The van der Waals surface area contributed by atoms with Crippen LogP contribution in [0, 0.1) is 23.7 Å². The molecule has 2 aliphatic heterocycles. The lowest BCUT2D eigenvalue weighted by atomic mass is 9.53. The SMILES string of the molecule is COc1cc(C(=O)N2C[C@H]3CC4C[C@@H]2[C@H]43)cc2nc(-c3cc4cccnc4n3CC3CC3)n([C@@H]3CCOC3)c12. The number of benzene rings is 1. The van der Waals surface area contributed by atoms with Crippen molar-refractivity contribution in [2.45, 2.75) is 50.7 Å². The summed E-state index contributed by atoms with van der Waals surface area (Å²) in [5, 5.41) is 1.12. The van der Waals surface area contributed by atoms with Crippen molar-refractivity contribution in [2.24, 2.45) is 23.7 Å². The molecule has 39 heavy (non-hydrogen) atoms. The Hall–Kier alpha value is -3.39. The highest BCUT2D eigenvalue weighted by atomic mass is 16.5. The summed E-state index contributed by atoms with van der Waals surface area (Å²) < 4.78 is 16.5. The molecule has 5 aliphatic rings. The Morgan fingerprint density at radius 3 is 2.85 bits per heavy atom. The number of nitrogens with zero attached hydrogens (tertiary/aromatic N) is 5. The molecule has 1 amide bonds. The molecule has 200 valence electrons. The van der Waals surface area contributed by atoms with Crippen molar-refractivity contribution >= 4 is 28.0 Å². The zero-order chi connectivity index (χ0) is 25.8. The first-order chi connectivity index (χ1) is 19.2. The van der Waals surface area contributed by atoms with Gasteiger partial charge in [0.25, 0.3) is 5.91 Å². The van der Waals surface area contributed by atoms with Crippen molar-refractivity contribution in [3.63, 3.8) is 0 Å². The third-order valence-electron chi connectivity index (χ3n) is 10.3. The fraction of sp³-hybridized carbons (Fsp3) is 0.516. The first kappa shape index (κ1) is 22.4. The zero-order valence-corrected chi connectivity index (χ0v) is 22.3. The molecule has 0 N–H and O–H groups in total. The van der Waals surface area contributed by atoms with Gasteiger partial charge in [-0.15, -0.1) is 0 Å². The van der Waals surface area contributed by atoms with Crippen LogP contribution in [-0.4, -0.2) is 62.8 Å². The van der Waals surface area contributed by atoms with E-state index in [-0.39, 0.29) is 11.9 Å². The maximum Gasteiger partial charge on any atom is 0.254 e. The van der Waals surface area contributed by atoms with Crippen molar-refractivity contribution in [2.75, 3.05) is 26.9 Å². The molecule has 1 aromatic carbocycles. The second-order valence-corrected chi connectivity index (χ2v) is 12.5. The second kappa shape index (κ2) is 8.07. The summed E-state index contributed by atoms with van der Waals surface area (Å²) in [5.41, 5.74) is 4.52. The highest BCUT2D eigenvalue weighted by molar-refractivity contribution is 6.00. The van der Waals surface area contributed by atoms with Gasteiger partial charge in [-0.1, -0.05) is 0 Å². The lowest BCUT2D eigenvalue weighted by molar-refractivity contribution is -0.0204. The smallest absolute Gasteiger partial charge is 0.254 e. The molecule has 4 aromatic rings. The van der Waals surface area contributed by atoms with Gasteiger partial charge in [-0.25, -0.2) is 9.97 Å². The van der Waals surface area contributed by atoms with E-state index in [2.05, 4.69) is 26.2 Å². The molecule has 8 nitrogen and oxygen atoms in total. The fourth-order valence-electron chi connectivity index (χ4n) is 8.11. The van der Waals surface area contributed by atoms with Gasteiger partial charge in [-0.3, -0.25) is 4.79 Å². The zero-order valence-electron chi connectivity index (χ0n) is 22.3. The van der Waals surface area contributed by atoms with E-state index < -0.39 is 0 Å². The molecule has 2 saturated heterocycles. The number of imidazole rings is 1. The van der Waals surface area contributed by atoms with Gasteiger partial charge >= 0.3 is 0 Å². The summed E-state index contributed by atoms with van der Waals surface area (Å²) in [6, 6.07) is 10.9. The second-order valence-electron chi connectivity index (χ2n) is 12.5. The predicted molar refractivity (Wildman–Crippen MR) is 147 cm³/mol. The highest BCUT2D eigenvalue weighted by Gasteiger charge is 2.61. The molecule has 5 heterocycles. The number of aromatic nitrogens is 4. The van der Waals surface area contributed by atoms with Crippen LogP contribution in [0.5, 0.6) is 5.75 Å². The number of amides is 1. The van der Waals surface area contributed by atoms with Crippen molar-refractivity contribution in [3.8, 4) is 17.3 Å². The van der Waals surface area contributed by atoms with E-state index in [1.165, 1.54) is 25.7 Å². The van der Waals surface area contributed by atoms with Gasteiger partial charge in [-0.2, -0.15) is 0 Å². The van der Waals surface area contributed by atoms with Crippen LogP contribution < -0.4 is 4.74 Å².